The lowest BCUT2D eigenvalue weighted by Crippen LogP contribution is -2.71. The van der Waals surface area contributed by atoms with E-state index in [0.29, 0.717) is 5.56 Å². The maximum atomic E-state index is 15.3. The second-order valence-electron chi connectivity index (χ2n) is 17.6. The van der Waals surface area contributed by atoms with Crippen LogP contribution in [0.5, 0.6) is 0 Å². The van der Waals surface area contributed by atoms with E-state index in [0.717, 1.165) is 27.7 Å². The number of aromatic nitrogens is 1. The third kappa shape index (κ3) is 8.50. The van der Waals surface area contributed by atoms with E-state index >= 15 is 4.79 Å². The Labute approximate surface area is 355 Å². The first kappa shape index (κ1) is 42.7. The van der Waals surface area contributed by atoms with Gasteiger partial charge in [0.05, 0.1) is 7.11 Å². The lowest BCUT2D eigenvalue weighted by Gasteiger charge is -2.51. The summed E-state index contributed by atoms with van der Waals surface area (Å²) in [5.74, 6) is -3.08. The van der Waals surface area contributed by atoms with Crippen LogP contribution in [-0.4, -0.2) is 94.2 Å². The number of fused-ring (bicyclic) bond motifs is 7. The third-order valence-electron chi connectivity index (χ3n) is 11.6. The number of esters is 1. The van der Waals surface area contributed by atoms with Gasteiger partial charge in [0, 0.05) is 47.6 Å². The average molecular weight is 834 g/mol. The Morgan fingerprint density at radius 1 is 0.869 bits per heavy atom. The summed E-state index contributed by atoms with van der Waals surface area (Å²) in [6.07, 6.45) is 0.555. The van der Waals surface area contributed by atoms with Crippen LogP contribution in [0.3, 0.4) is 0 Å². The number of nitrogens with zero attached hydrogens (tertiary/aromatic N) is 2. The minimum Gasteiger partial charge on any atom is -0.467 e. The van der Waals surface area contributed by atoms with Crippen LogP contribution in [0.15, 0.2) is 85.1 Å². The number of benzene rings is 3. The second-order valence-corrected chi connectivity index (χ2v) is 17.6. The largest absolute Gasteiger partial charge is 0.467 e. The molecule has 0 aliphatic carbocycles. The summed E-state index contributed by atoms with van der Waals surface area (Å²) >= 11 is 0. The molecule has 0 unspecified atom stereocenters. The highest BCUT2D eigenvalue weighted by atomic mass is 16.6. The van der Waals surface area contributed by atoms with Crippen molar-refractivity contribution in [1.82, 2.24) is 30.7 Å². The first-order valence-corrected chi connectivity index (χ1v) is 20.8. The molecule has 15 nitrogen and oxygen atoms in total. The van der Waals surface area contributed by atoms with Crippen LogP contribution >= 0.6 is 0 Å². The zero-order chi connectivity index (χ0) is 43.8. The van der Waals surface area contributed by atoms with Gasteiger partial charge in [-0.1, -0.05) is 80.6 Å². The number of ether oxygens (including phenoxy) is 2. The lowest BCUT2D eigenvalue weighted by molar-refractivity contribution is -0.161. The van der Waals surface area contributed by atoms with Crippen molar-refractivity contribution in [3.05, 3.63) is 102 Å². The highest BCUT2D eigenvalue weighted by Crippen LogP contribution is 2.51. The normalized spacial score (nSPS) is 24.7. The van der Waals surface area contributed by atoms with Gasteiger partial charge in [-0.25, -0.2) is 9.59 Å². The van der Waals surface area contributed by atoms with Gasteiger partial charge in [-0.3, -0.25) is 19.2 Å². The molecule has 4 heterocycles. The van der Waals surface area contributed by atoms with Gasteiger partial charge in [0.15, 0.2) is 0 Å². The van der Waals surface area contributed by atoms with E-state index in [9.17, 15) is 24.0 Å². The van der Waals surface area contributed by atoms with Crippen molar-refractivity contribution < 1.29 is 38.2 Å². The molecule has 3 aliphatic heterocycles. The Kier molecular flexibility index (Phi) is 11.9. The minimum absolute atomic E-state index is 0.0136. The van der Waals surface area contributed by atoms with Crippen molar-refractivity contribution >= 4 is 52.3 Å². The van der Waals surface area contributed by atoms with Gasteiger partial charge >= 0.3 is 12.1 Å². The number of methoxy groups -OCH3 is 1. The Balaban J connectivity index is 1.48. The highest BCUT2D eigenvalue weighted by molar-refractivity contribution is 5.98. The number of hydrogen-bond donors (Lipinski definition) is 5. The van der Waals surface area contributed by atoms with E-state index in [2.05, 4.69) is 31.2 Å². The molecule has 5 N–H and O–H groups in total. The average Bonchev–Trinajstić information content (AvgIpc) is 3.74. The molecule has 1 spiro atoms. The van der Waals surface area contributed by atoms with Gasteiger partial charge < -0.3 is 45.5 Å². The molecule has 5 amide bonds. The van der Waals surface area contributed by atoms with Gasteiger partial charge in [0.25, 0.3) is 0 Å². The standard InChI is InChI=1S/C46H55N7O8/c1-26(2)21-33-40(56)49-35-24-46(31-18-12-13-19-32(31)50-43(46)53(41(35)57)37(42(58)60-7)22-28-15-9-8-10-16-28)52-25-29(30-17-11-14-20-36(30)52)23-34(51-44(59)61-45(4,5)6)39(55)47-27(3)38(54)48-33/h8-20,25-27,33-35,37,43,50H,21-24H2,1-7H3,(H,47,55)(H,48,54)(H,49,56)(H,51,59)/t27-,33-,34-,35-,37-,43-,46+/m0/s1. The van der Waals surface area contributed by atoms with E-state index in [1.165, 1.54) is 18.9 Å². The van der Waals surface area contributed by atoms with Crippen molar-refractivity contribution in [2.75, 3.05) is 12.4 Å². The summed E-state index contributed by atoms with van der Waals surface area (Å²) in [5.41, 5.74) is 1.66. The minimum atomic E-state index is -1.21. The predicted molar refractivity (Wildman–Crippen MR) is 228 cm³/mol. The fourth-order valence-corrected chi connectivity index (χ4v) is 8.98. The van der Waals surface area contributed by atoms with Crippen molar-refractivity contribution in [2.45, 2.75) is 115 Å². The van der Waals surface area contributed by atoms with Crippen LogP contribution in [0.25, 0.3) is 10.9 Å². The van der Waals surface area contributed by atoms with Gasteiger partial charge in [-0.15, -0.1) is 0 Å². The van der Waals surface area contributed by atoms with Crippen molar-refractivity contribution in [1.29, 1.82) is 0 Å². The Morgan fingerprint density at radius 3 is 2.26 bits per heavy atom. The fraction of sp³-hybridized carbons (Fsp3) is 0.435. The number of likely N-dealkylation sites (tertiary alicyclic amines) is 1. The molecular weight excluding hydrogens is 779 g/mol. The summed E-state index contributed by atoms with van der Waals surface area (Å²) in [6.45, 7) is 10.5. The zero-order valence-corrected chi connectivity index (χ0v) is 35.6. The number of hydrogen-bond acceptors (Lipinski definition) is 9. The zero-order valence-electron chi connectivity index (χ0n) is 35.6. The molecular formula is C46H55N7O8. The number of para-hydroxylation sites is 2. The number of carbonyl (C=O) groups excluding carboxylic acids is 6. The van der Waals surface area contributed by atoms with Gasteiger partial charge in [0.2, 0.25) is 23.6 Å². The predicted octanol–water partition coefficient (Wildman–Crippen LogP) is 4.12. The van der Waals surface area contributed by atoms with Crippen molar-refractivity contribution in [3.8, 4) is 0 Å². The van der Waals surface area contributed by atoms with Crippen LogP contribution < -0.4 is 26.6 Å². The topological polar surface area (TPSA) is 189 Å². The summed E-state index contributed by atoms with van der Waals surface area (Å²) in [7, 11) is 1.28. The molecule has 4 aromatic rings. The summed E-state index contributed by atoms with van der Waals surface area (Å²) in [4.78, 5) is 86.8. The summed E-state index contributed by atoms with van der Waals surface area (Å²) in [6, 6.07) is 18.9. The summed E-state index contributed by atoms with van der Waals surface area (Å²) in [5, 5.41) is 15.7. The van der Waals surface area contributed by atoms with Crippen LogP contribution in [0.1, 0.15) is 71.1 Å². The SMILES string of the molecule is COC(=O)[C@H](Cc1ccccc1)N1C(=O)[C@@H]2C[C@]3(c4ccccc4N[C@@H]13)n1cc(c3ccccc31)C[C@H](NC(=O)OC(C)(C)C)C(=O)N[C@@H](C)C(=O)N[C@@H](CC(C)C)C(=O)N2. The first-order valence-electron chi connectivity index (χ1n) is 20.8. The van der Waals surface area contributed by atoms with Crippen molar-refractivity contribution in [3.63, 3.8) is 0 Å². The number of amides is 5. The van der Waals surface area contributed by atoms with E-state index in [4.69, 9.17) is 9.47 Å². The maximum absolute atomic E-state index is 15.3. The van der Waals surface area contributed by atoms with Gasteiger partial charge in [-0.05, 0) is 63.3 Å². The van der Waals surface area contributed by atoms with Gasteiger partial charge in [-0.2, -0.15) is 0 Å². The molecule has 61 heavy (non-hydrogen) atoms. The van der Waals surface area contributed by atoms with E-state index in [1.54, 1.807) is 20.8 Å². The van der Waals surface area contributed by atoms with Crippen LogP contribution in [0.2, 0.25) is 0 Å². The molecule has 7 atom stereocenters. The molecule has 7 rings (SSSR count). The molecule has 4 bridgehead atoms. The number of piperidine rings is 1. The highest BCUT2D eigenvalue weighted by Gasteiger charge is 2.61. The smallest absolute Gasteiger partial charge is 0.408 e. The lowest BCUT2D eigenvalue weighted by atomic mass is 9.77. The first-order chi connectivity index (χ1) is 29.0. The van der Waals surface area contributed by atoms with Crippen LogP contribution in [-0.2, 0) is 51.8 Å². The van der Waals surface area contributed by atoms with E-state index in [-0.39, 0.29) is 31.6 Å². The monoisotopic (exact) mass is 833 g/mol. The van der Waals surface area contributed by atoms with Crippen molar-refractivity contribution in [2.24, 2.45) is 5.92 Å². The Morgan fingerprint density at radius 2 is 1.56 bits per heavy atom. The second kappa shape index (κ2) is 16.9. The van der Waals surface area contributed by atoms with Crippen LogP contribution in [0, 0.1) is 5.92 Å². The number of nitrogens with one attached hydrogen (secondary N) is 5. The molecule has 0 radical (unpaired) electrons. The Hall–Kier alpha value is -6.38. The molecule has 322 valence electrons. The number of alkyl carbamates (subject to hydrolysis) is 1. The molecule has 0 saturated carbocycles. The number of anilines is 1. The maximum Gasteiger partial charge on any atom is 0.408 e. The number of carbonyl (C=O) groups is 6. The Bertz CT molecular complexity index is 2340. The molecule has 15 heteroatoms. The van der Waals surface area contributed by atoms with E-state index < -0.39 is 83.2 Å². The molecule has 1 saturated heterocycles. The van der Waals surface area contributed by atoms with Gasteiger partial charge in [0.1, 0.15) is 47.5 Å². The third-order valence-corrected chi connectivity index (χ3v) is 11.6. The quantitative estimate of drug-likeness (QED) is 0.171. The van der Waals surface area contributed by atoms with Crippen LogP contribution in [0.4, 0.5) is 10.5 Å². The summed E-state index contributed by atoms with van der Waals surface area (Å²) < 4.78 is 13.1. The molecule has 3 aromatic carbocycles. The fourth-order valence-electron chi connectivity index (χ4n) is 8.98. The molecule has 1 fully saturated rings. The molecule has 1 aromatic heterocycles. The molecule has 3 aliphatic rings. The van der Waals surface area contributed by atoms with E-state index in [1.807, 2.05) is 98.9 Å². The number of rotatable bonds is 7.